The molecule has 0 radical (unpaired) electrons. The summed E-state index contributed by atoms with van der Waals surface area (Å²) in [6.45, 7) is 4.32. The Balaban J connectivity index is 0.00000182. The van der Waals surface area contributed by atoms with Crippen LogP contribution < -0.4 is 11.1 Å². The third-order valence-corrected chi connectivity index (χ3v) is 5.03. The van der Waals surface area contributed by atoms with Crippen LogP contribution in [0.25, 0.3) is 0 Å². The largest absolute Gasteiger partial charge is 0.381 e. The van der Waals surface area contributed by atoms with Crippen LogP contribution in [-0.2, 0) is 14.3 Å². The van der Waals surface area contributed by atoms with Gasteiger partial charge in [0, 0.05) is 32.8 Å². The maximum atomic E-state index is 13.3. The molecule has 9 heteroatoms. The number of hydrogen-bond donors (Lipinski definition) is 2. The van der Waals surface area contributed by atoms with E-state index >= 15 is 0 Å². The zero-order chi connectivity index (χ0) is 17.7. The lowest BCUT2D eigenvalue weighted by molar-refractivity contribution is -0.130. The van der Waals surface area contributed by atoms with Gasteiger partial charge in [-0.3, -0.25) is 9.69 Å². The summed E-state index contributed by atoms with van der Waals surface area (Å²) in [7, 11) is 0. The van der Waals surface area contributed by atoms with E-state index in [0.717, 1.165) is 18.7 Å². The van der Waals surface area contributed by atoms with Crippen molar-refractivity contribution in [1.29, 1.82) is 0 Å². The van der Waals surface area contributed by atoms with Gasteiger partial charge in [-0.25, -0.2) is 4.39 Å². The van der Waals surface area contributed by atoms with Gasteiger partial charge in [0.2, 0.25) is 5.91 Å². The maximum absolute atomic E-state index is 13.3. The number of carbonyl (C=O) groups is 1. The minimum absolute atomic E-state index is 0. The third-order valence-electron chi connectivity index (χ3n) is 5.03. The van der Waals surface area contributed by atoms with Gasteiger partial charge in [-0.15, -0.1) is 24.8 Å². The molecular weight excluding hydrogens is 396 g/mol. The summed E-state index contributed by atoms with van der Waals surface area (Å²) in [5, 5.41) is 3.01. The van der Waals surface area contributed by atoms with Gasteiger partial charge in [0.1, 0.15) is 5.82 Å². The summed E-state index contributed by atoms with van der Waals surface area (Å²) < 4.78 is 24.0. The third kappa shape index (κ3) is 6.27. The lowest BCUT2D eigenvalue weighted by atomic mass is 9.90. The number of carbonyl (C=O) groups excluding carboxylic acids is 1. The number of benzene rings is 1. The monoisotopic (exact) mass is 423 g/mol. The van der Waals surface area contributed by atoms with Crippen molar-refractivity contribution in [3.8, 4) is 0 Å². The van der Waals surface area contributed by atoms with Gasteiger partial charge in [0.25, 0.3) is 0 Å². The molecule has 1 atom stereocenters. The lowest BCUT2D eigenvalue weighted by Crippen LogP contribution is -2.58. The van der Waals surface area contributed by atoms with Crippen molar-refractivity contribution in [2.75, 3.05) is 46.1 Å². The summed E-state index contributed by atoms with van der Waals surface area (Å²) in [6.07, 6.45) is 1.05. The molecule has 27 heavy (non-hydrogen) atoms. The molecular formula is C18H28Cl2FN3O3. The summed E-state index contributed by atoms with van der Waals surface area (Å²) in [5.74, 6) is -0.409. The average Bonchev–Trinajstić information content (AvgIpc) is 2.64. The Hall–Kier alpha value is -0.960. The molecule has 1 aromatic rings. The summed E-state index contributed by atoms with van der Waals surface area (Å²) in [6, 6.07) is 6.42. The Kier molecular flexibility index (Phi) is 9.94. The lowest BCUT2D eigenvalue weighted by Gasteiger charge is -2.36. The highest BCUT2D eigenvalue weighted by Gasteiger charge is 2.36. The molecule has 3 N–H and O–H groups in total. The zero-order valence-corrected chi connectivity index (χ0v) is 16.8. The summed E-state index contributed by atoms with van der Waals surface area (Å²) >= 11 is 0. The molecule has 1 amide bonds. The zero-order valence-electron chi connectivity index (χ0n) is 15.2. The number of hydrogen-bond acceptors (Lipinski definition) is 5. The second-order valence-corrected chi connectivity index (χ2v) is 6.69. The van der Waals surface area contributed by atoms with Crippen molar-refractivity contribution in [3.63, 3.8) is 0 Å². The first-order valence-electron chi connectivity index (χ1n) is 8.81. The summed E-state index contributed by atoms with van der Waals surface area (Å²) in [5.41, 5.74) is 6.36. The fourth-order valence-electron chi connectivity index (χ4n) is 3.36. The first-order chi connectivity index (χ1) is 12.1. The van der Waals surface area contributed by atoms with E-state index in [-0.39, 0.29) is 42.6 Å². The SMILES string of the molecule is Cl.Cl.NC1(C(=O)NCC(c2ccc(F)cc2)N2CCOCC2)CCOCC1. The van der Waals surface area contributed by atoms with Crippen LogP contribution >= 0.6 is 24.8 Å². The molecule has 3 rings (SSSR count). The van der Waals surface area contributed by atoms with Crippen LogP contribution in [0.5, 0.6) is 0 Å². The van der Waals surface area contributed by atoms with E-state index in [1.165, 1.54) is 12.1 Å². The number of amides is 1. The molecule has 154 valence electrons. The van der Waals surface area contributed by atoms with Crippen molar-refractivity contribution in [2.45, 2.75) is 24.4 Å². The van der Waals surface area contributed by atoms with Crippen molar-refractivity contribution in [1.82, 2.24) is 10.2 Å². The molecule has 2 saturated heterocycles. The normalized spacial score (nSPS) is 20.7. The smallest absolute Gasteiger partial charge is 0.240 e. The minimum Gasteiger partial charge on any atom is -0.381 e. The number of morpholine rings is 1. The Morgan fingerprint density at radius 3 is 2.26 bits per heavy atom. The van der Waals surface area contributed by atoms with Crippen LogP contribution in [0.3, 0.4) is 0 Å². The van der Waals surface area contributed by atoms with Crippen molar-refractivity contribution < 1.29 is 18.7 Å². The van der Waals surface area contributed by atoms with E-state index < -0.39 is 5.54 Å². The molecule has 0 saturated carbocycles. The van der Waals surface area contributed by atoms with Crippen LogP contribution in [0.4, 0.5) is 4.39 Å². The quantitative estimate of drug-likeness (QED) is 0.752. The van der Waals surface area contributed by atoms with Gasteiger partial charge >= 0.3 is 0 Å². The maximum Gasteiger partial charge on any atom is 0.240 e. The van der Waals surface area contributed by atoms with Crippen molar-refractivity contribution in [3.05, 3.63) is 35.6 Å². The van der Waals surface area contributed by atoms with Crippen molar-refractivity contribution >= 4 is 30.7 Å². The standard InChI is InChI=1S/C18H26FN3O3.2ClH/c19-15-3-1-14(2-4-15)16(22-7-11-25-12-8-22)13-21-17(23)18(20)5-9-24-10-6-18;;/h1-4,16H,5-13,20H2,(H,21,23);2*1H. The van der Waals surface area contributed by atoms with E-state index in [9.17, 15) is 9.18 Å². The van der Waals surface area contributed by atoms with E-state index in [1.54, 1.807) is 12.1 Å². The first kappa shape index (κ1) is 24.1. The van der Waals surface area contributed by atoms with Crippen LogP contribution in [0.15, 0.2) is 24.3 Å². The molecule has 2 heterocycles. The number of nitrogens with two attached hydrogens (primary N) is 1. The van der Waals surface area contributed by atoms with Gasteiger partial charge in [-0.05, 0) is 30.5 Å². The first-order valence-corrected chi connectivity index (χ1v) is 8.81. The Labute approximate surface area is 171 Å². The number of nitrogens with one attached hydrogen (secondary N) is 1. The Morgan fingerprint density at radius 1 is 1.11 bits per heavy atom. The van der Waals surface area contributed by atoms with Crippen LogP contribution in [-0.4, -0.2) is 62.4 Å². The van der Waals surface area contributed by atoms with Gasteiger partial charge in [0.05, 0.1) is 24.8 Å². The van der Waals surface area contributed by atoms with Gasteiger partial charge in [0.15, 0.2) is 0 Å². The molecule has 0 aliphatic carbocycles. The van der Waals surface area contributed by atoms with Crippen LogP contribution in [0.1, 0.15) is 24.4 Å². The Morgan fingerprint density at radius 2 is 1.67 bits per heavy atom. The van der Waals surface area contributed by atoms with Crippen molar-refractivity contribution in [2.24, 2.45) is 5.73 Å². The predicted molar refractivity (Wildman–Crippen MR) is 106 cm³/mol. The van der Waals surface area contributed by atoms with E-state index in [2.05, 4.69) is 10.2 Å². The summed E-state index contributed by atoms with van der Waals surface area (Å²) in [4.78, 5) is 14.9. The molecule has 2 aliphatic rings. The molecule has 2 fully saturated rings. The van der Waals surface area contributed by atoms with Gasteiger partial charge in [-0.1, -0.05) is 12.1 Å². The highest BCUT2D eigenvalue weighted by Crippen LogP contribution is 2.23. The second kappa shape index (κ2) is 11.1. The predicted octanol–water partition coefficient (Wildman–Crippen LogP) is 1.67. The fraction of sp³-hybridized carbons (Fsp3) is 0.611. The number of nitrogens with zero attached hydrogens (tertiary/aromatic N) is 1. The number of ether oxygens (including phenoxy) is 2. The highest BCUT2D eigenvalue weighted by molar-refractivity contribution is 5.86. The molecule has 0 bridgehead atoms. The molecule has 6 nitrogen and oxygen atoms in total. The van der Waals surface area contributed by atoms with Gasteiger partial charge < -0.3 is 20.5 Å². The van der Waals surface area contributed by atoms with Gasteiger partial charge in [-0.2, -0.15) is 0 Å². The topological polar surface area (TPSA) is 76.8 Å². The average molecular weight is 424 g/mol. The molecule has 0 aromatic heterocycles. The van der Waals surface area contributed by atoms with Crippen LogP contribution in [0.2, 0.25) is 0 Å². The molecule has 1 aromatic carbocycles. The second-order valence-electron chi connectivity index (χ2n) is 6.69. The molecule has 2 aliphatic heterocycles. The number of halogens is 3. The van der Waals surface area contributed by atoms with Crippen LogP contribution in [0, 0.1) is 5.82 Å². The molecule has 0 spiro atoms. The highest BCUT2D eigenvalue weighted by atomic mass is 35.5. The minimum atomic E-state index is -0.864. The fourth-order valence-corrected chi connectivity index (χ4v) is 3.36. The van der Waals surface area contributed by atoms with E-state index in [0.29, 0.717) is 45.8 Å². The number of rotatable bonds is 5. The van der Waals surface area contributed by atoms with E-state index in [4.69, 9.17) is 15.2 Å². The molecule has 1 unspecified atom stereocenters. The van der Waals surface area contributed by atoms with E-state index in [1.807, 2.05) is 0 Å². The Bertz CT molecular complexity index is 580.